The molecule has 1 atom stereocenters. The Kier molecular flexibility index (Phi) is 5.25. The number of carbonyl (C=O) groups is 1. The van der Waals surface area contributed by atoms with Crippen LogP contribution < -0.4 is 5.32 Å². The van der Waals surface area contributed by atoms with Crippen LogP contribution in [0.15, 0.2) is 48.8 Å². The average molecular weight is 387 g/mol. The van der Waals surface area contributed by atoms with Crippen molar-refractivity contribution in [1.29, 1.82) is 0 Å². The summed E-state index contributed by atoms with van der Waals surface area (Å²) in [5, 5.41) is 3.46. The van der Waals surface area contributed by atoms with E-state index >= 15 is 0 Å². The van der Waals surface area contributed by atoms with Crippen molar-refractivity contribution in [3.63, 3.8) is 0 Å². The first kappa shape index (κ1) is 19.1. The van der Waals surface area contributed by atoms with Crippen LogP contribution in [0.1, 0.15) is 45.5 Å². The van der Waals surface area contributed by atoms with Crippen molar-refractivity contribution >= 4 is 17.3 Å². The largest absolute Gasteiger partial charge is 0.355 e. The number of aromatic nitrogens is 3. The molecule has 1 aromatic carbocycles. The van der Waals surface area contributed by atoms with Gasteiger partial charge in [-0.15, -0.1) is 0 Å². The number of hydrogen-bond acceptors (Lipinski definition) is 5. The quantitative estimate of drug-likeness (QED) is 0.727. The van der Waals surface area contributed by atoms with Crippen molar-refractivity contribution in [2.75, 3.05) is 18.4 Å². The van der Waals surface area contributed by atoms with Gasteiger partial charge >= 0.3 is 0 Å². The molecule has 0 spiro atoms. The number of nitrogens with zero attached hydrogens (tertiary/aromatic N) is 4. The number of carbonyl (C=O) groups excluding carboxylic acids is 1. The molecule has 0 saturated carbocycles. The highest BCUT2D eigenvalue weighted by molar-refractivity contribution is 5.92. The fraction of sp³-hybridized carbons (Fsp3) is 0.304. The molecule has 3 aromatic rings. The standard InChI is InChI=1S/C23H25N5O/c1-15-4-6-19(7-5-15)27-20-10-16(2)26-21(11-20)18-8-9-28(14-18)23(29)22-13-24-17(3)12-25-22/h4-7,10-13,18H,8-9,14H2,1-3H3,(H,26,27). The highest BCUT2D eigenvalue weighted by atomic mass is 16.2. The molecule has 148 valence electrons. The van der Waals surface area contributed by atoms with Gasteiger partial charge in [-0.2, -0.15) is 0 Å². The minimum atomic E-state index is -0.0642. The van der Waals surface area contributed by atoms with Crippen LogP contribution >= 0.6 is 0 Å². The lowest BCUT2D eigenvalue weighted by molar-refractivity contribution is 0.0784. The van der Waals surface area contributed by atoms with Gasteiger partial charge in [0, 0.05) is 48.0 Å². The van der Waals surface area contributed by atoms with E-state index in [1.54, 1.807) is 12.4 Å². The van der Waals surface area contributed by atoms with Gasteiger partial charge in [0.1, 0.15) is 5.69 Å². The third kappa shape index (κ3) is 4.42. The Bertz CT molecular complexity index is 1010. The third-order valence-corrected chi connectivity index (χ3v) is 5.21. The highest BCUT2D eigenvalue weighted by Crippen LogP contribution is 2.29. The van der Waals surface area contributed by atoms with Crippen LogP contribution in [-0.4, -0.2) is 38.8 Å². The lowest BCUT2D eigenvalue weighted by atomic mass is 10.0. The third-order valence-electron chi connectivity index (χ3n) is 5.21. The molecule has 0 aliphatic carbocycles. The summed E-state index contributed by atoms with van der Waals surface area (Å²) in [5.41, 5.74) is 6.49. The Morgan fingerprint density at radius 1 is 1.00 bits per heavy atom. The van der Waals surface area contributed by atoms with E-state index < -0.39 is 0 Å². The molecular weight excluding hydrogens is 362 g/mol. The Hall–Kier alpha value is -3.28. The smallest absolute Gasteiger partial charge is 0.274 e. The molecule has 1 amide bonds. The SMILES string of the molecule is Cc1ccc(Nc2cc(C)nc(C3CCN(C(=O)c4cnc(C)cn4)C3)c2)cc1. The Balaban J connectivity index is 1.48. The average Bonchev–Trinajstić information content (AvgIpc) is 3.20. The molecule has 6 heteroatoms. The van der Waals surface area contributed by atoms with E-state index in [9.17, 15) is 4.79 Å². The van der Waals surface area contributed by atoms with Gasteiger partial charge in [-0.3, -0.25) is 14.8 Å². The van der Waals surface area contributed by atoms with Gasteiger partial charge in [0.25, 0.3) is 5.91 Å². The maximum atomic E-state index is 12.7. The molecule has 1 fully saturated rings. The van der Waals surface area contributed by atoms with E-state index in [2.05, 4.69) is 52.5 Å². The molecule has 0 radical (unpaired) electrons. The topological polar surface area (TPSA) is 71.0 Å². The summed E-state index contributed by atoms with van der Waals surface area (Å²) in [6.45, 7) is 7.29. The van der Waals surface area contributed by atoms with Gasteiger partial charge in [-0.25, -0.2) is 4.98 Å². The van der Waals surface area contributed by atoms with E-state index in [-0.39, 0.29) is 11.8 Å². The lowest BCUT2D eigenvalue weighted by Crippen LogP contribution is -2.29. The molecule has 3 heterocycles. The van der Waals surface area contributed by atoms with E-state index in [1.165, 1.54) is 5.56 Å². The summed E-state index contributed by atoms with van der Waals surface area (Å²) < 4.78 is 0. The van der Waals surface area contributed by atoms with Gasteiger partial charge in [-0.1, -0.05) is 17.7 Å². The van der Waals surface area contributed by atoms with Crippen LogP contribution in [0.3, 0.4) is 0 Å². The van der Waals surface area contributed by atoms with Gasteiger partial charge in [-0.05, 0) is 51.5 Å². The zero-order valence-electron chi connectivity index (χ0n) is 17.0. The van der Waals surface area contributed by atoms with Gasteiger partial charge in [0.05, 0.1) is 11.9 Å². The van der Waals surface area contributed by atoms with E-state index in [1.807, 2.05) is 24.8 Å². The van der Waals surface area contributed by atoms with Crippen molar-refractivity contribution in [3.8, 4) is 0 Å². The first-order valence-corrected chi connectivity index (χ1v) is 9.88. The number of anilines is 2. The summed E-state index contributed by atoms with van der Waals surface area (Å²) in [4.78, 5) is 27.7. The van der Waals surface area contributed by atoms with Crippen LogP contribution in [0.5, 0.6) is 0 Å². The van der Waals surface area contributed by atoms with Gasteiger partial charge < -0.3 is 10.2 Å². The maximum absolute atomic E-state index is 12.7. The van der Waals surface area contributed by atoms with Crippen molar-refractivity contribution in [1.82, 2.24) is 19.9 Å². The normalized spacial score (nSPS) is 16.1. The van der Waals surface area contributed by atoms with Gasteiger partial charge in [0.15, 0.2) is 0 Å². The number of aryl methyl sites for hydroxylation is 3. The molecule has 1 saturated heterocycles. The van der Waals surface area contributed by atoms with Crippen molar-refractivity contribution in [3.05, 3.63) is 77.1 Å². The zero-order valence-corrected chi connectivity index (χ0v) is 17.0. The number of benzene rings is 1. The molecule has 29 heavy (non-hydrogen) atoms. The fourth-order valence-corrected chi connectivity index (χ4v) is 3.63. The Morgan fingerprint density at radius 2 is 1.79 bits per heavy atom. The van der Waals surface area contributed by atoms with Crippen molar-refractivity contribution in [2.45, 2.75) is 33.1 Å². The number of rotatable bonds is 4. The van der Waals surface area contributed by atoms with Crippen molar-refractivity contribution in [2.24, 2.45) is 0 Å². The molecule has 1 unspecified atom stereocenters. The molecule has 1 aliphatic rings. The molecule has 4 rings (SSSR count). The fourth-order valence-electron chi connectivity index (χ4n) is 3.63. The molecule has 1 N–H and O–H groups in total. The maximum Gasteiger partial charge on any atom is 0.274 e. The molecule has 2 aromatic heterocycles. The molecule has 0 bridgehead atoms. The molecular formula is C23H25N5O. The second kappa shape index (κ2) is 7.99. The number of nitrogens with one attached hydrogen (secondary N) is 1. The molecule has 1 aliphatic heterocycles. The van der Waals surface area contributed by atoms with Crippen LogP contribution in [0, 0.1) is 20.8 Å². The number of amides is 1. The summed E-state index contributed by atoms with van der Waals surface area (Å²) >= 11 is 0. The highest BCUT2D eigenvalue weighted by Gasteiger charge is 2.29. The number of likely N-dealkylation sites (tertiary alicyclic amines) is 1. The molecule has 6 nitrogen and oxygen atoms in total. The van der Waals surface area contributed by atoms with Crippen molar-refractivity contribution < 1.29 is 4.79 Å². The summed E-state index contributed by atoms with van der Waals surface area (Å²) in [6.07, 6.45) is 4.08. The second-order valence-corrected chi connectivity index (χ2v) is 7.69. The van der Waals surface area contributed by atoms with Crippen LogP contribution in [0.25, 0.3) is 0 Å². The number of pyridine rings is 1. The summed E-state index contributed by atoms with van der Waals surface area (Å²) in [6, 6.07) is 12.5. The second-order valence-electron chi connectivity index (χ2n) is 7.69. The zero-order chi connectivity index (χ0) is 20.4. The van der Waals surface area contributed by atoms with E-state index in [4.69, 9.17) is 4.98 Å². The minimum Gasteiger partial charge on any atom is -0.355 e. The summed E-state index contributed by atoms with van der Waals surface area (Å²) in [5.74, 6) is 0.154. The first-order valence-electron chi connectivity index (χ1n) is 9.88. The van der Waals surface area contributed by atoms with Crippen LogP contribution in [0.4, 0.5) is 11.4 Å². The summed E-state index contributed by atoms with van der Waals surface area (Å²) in [7, 11) is 0. The predicted octanol–water partition coefficient (Wildman–Crippen LogP) is 4.17. The van der Waals surface area contributed by atoms with Crippen LogP contribution in [0.2, 0.25) is 0 Å². The minimum absolute atomic E-state index is 0.0642. The predicted molar refractivity (Wildman–Crippen MR) is 113 cm³/mol. The monoisotopic (exact) mass is 387 g/mol. The first-order chi connectivity index (χ1) is 14.0. The lowest BCUT2D eigenvalue weighted by Gasteiger charge is -2.17. The van der Waals surface area contributed by atoms with E-state index in [0.29, 0.717) is 18.8 Å². The number of hydrogen-bond donors (Lipinski definition) is 1. The Morgan fingerprint density at radius 3 is 2.52 bits per heavy atom. The van der Waals surface area contributed by atoms with Gasteiger partial charge in [0.2, 0.25) is 0 Å². The Labute approximate surface area is 171 Å². The van der Waals surface area contributed by atoms with E-state index in [0.717, 1.165) is 34.9 Å². The van der Waals surface area contributed by atoms with Crippen LogP contribution in [-0.2, 0) is 0 Å².